The van der Waals surface area contributed by atoms with Crippen LogP contribution in [0.2, 0.25) is 0 Å². The standard InChI is InChI=1S/C10H11F2NS/c1-13-9-2-3-14-10-5-8(12)7(11)4-6(9)10/h4-5,9,13H,2-3H2,1H3. The Morgan fingerprint density at radius 1 is 1.36 bits per heavy atom. The van der Waals surface area contributed by atoms with Gasteiger partial charge in [-0.2, -0.15) is 0 Å². The van der Waals surface area contributed by atoms with Crippen LogP contribution in [-0.4, -0.2) is 12.8 Å². The third-order valence-electron chi connectivity index (χ3n) is 2.44. The van der Waals surface area contributed by atoms with Crippen LogP contribution in [0, 0.1) is 11.6 Å². The van der Waals surface area contributed by atoms with Crippen molar-refractivity contribution in [1.29, 1.82) is 0 Å². The van der Waals surface area contributed by atoms with Crippen LogP contribution in [0.1, 0.15) is 18.0 Å². The Labute approximate surface area is 85.9 Å². The van der Waals surface area contributed by atoms with Crippen LogP contribution in [0.5, 0.6) is 0 Å². The van der Waals surface area contributed by atoms with E-state index in [-0.39, 0.29) is 6.04 Å². The van der Waals surface area contributed by atoms with E-state index in [1.54, 1.807) is 11.8 Å². The SMILES string of the molecule is CNC1CCSc2cc(F)c(F)cc21. The number of thioether (sulfide) groups is 1. The van der Waals surface area contributed by atoms with Crippen molar-refractivity contribution >= 4 is 11.8 Å². The molecule has 0 spiro atoms. The van der Waals surface area contributed by atoms with E-state index in [0.717, 1.165) is 22.6 Å². The van der Waals surface area contributed by atoms with E-state index in [1.807, 2.05) is 7.05 Å². The van der Waals surface area contributed by atoms with Gasteiger partial charge in [-0.15, -0.1) is 11.8 Å². The Morgan fingerprint density at radius 2 is 2.07 bits per heavy atom. The maximum atomic E-state index is 13.0. The highest BCUT2D eigenvalue weighted by atomic mass is 32.2. The normalized spacial score (nSPS) is 20.6. The molecule has 0 fully saturated rings. The first-order chi connectivity index (χ1) is 6.72. The van der Waals surface area contributed by atoms with Gasteiger partial charge in [-0.1, -0.05) is 0 Å². The summed E-state index contributed by atoms with van der Waals surface area (Å²) >= 11 is 1.58. The number of nitrogens with one attached hydrogen (secondary N) is 1. The molecule has 0 saturated carbocycles. The summed E-state index contributed by atoms with van der Waals surface area (Å²) in [5.74, 6) is -0.566. The highest BCUT2D eigenvalue weighted by molar-refractivity contribution is 7.99. The van der Waals surface area contributed by atoms with Gasteiger partial charge in [0.25, 0.3) is 0 Å². The summed E-state index contributed by atoms with van der Waals surface area (Å²) < 4.78 is 25.9. The van der Waals surface area contributed by atoms with Crippen molar-refractivity contribution in [1.82, 2.24) is 5.32 Å². The molecule has 1 aromatic rings. The molecule has 0 aromatic heterocycles. The van der Waals surface area contributed by atoms with E-state index in [0.29, 0.717) is 0 Å². The molecular weight excluding hydrogens is 204 g/mol. The molecule has 0 radical (unpaired) electrons. The summed E-state index contributed by atoms with van der Waals surface area (Å²) in [7, 11) is 1.84. The maximum absolute atomic E-state index is 13.0. The average Bonchev–Trinajstić information content (AvgIpc) is 2.19. The van der Waals surface area contributed by atoms with Crippen LogP contribution >= 0.6 is 11.8 Å². The fraction of sp³-hybridized carbons (Fsp3) is 0.400. The molecule has 2 rings (SSSR count). The van der Waals surface area contributed by atoms with Crippen molar-refractivity contribution in [3.63, 3.8) is 0 Å². The van der Waals surface area contributed by atoms with Gasteiger partial charge in [0, 0.05) is 10.9 Å². The molecule has 4 heteroatoms. The molecule has 1 unspecified atom stereocenters. The minimum Gasteiger partial charge on any atom is -0.313 e. The summed E-state index contributed by atoms with van der Waals surface area (Å²) in [5.41, 5.74) is 0.877. The van der Waals surface area contributed by atoms with Gasteiger partial charge in [0.05, 0.1) is 0 Å². The Morgan fingerprint density at radius 3 is 2.79 bits per heavy atom. The molecule has 0 bridgehead atoms. The molecule has 1 nitrogen and oxygen atoms in total. The van der Waals surface area contributed by atoms with Crippen molar-refractivity contribution in [2.24, 2.45) is 0 Å². The lowest BCUT2D eigenvalue weighted by molar-refractivity contribution is 0.492. The lowest BCUT2D eigenvalue weighted by atomic mass is 10.0. The second-order valence-corrected chi connectivity index (χ2v) is 4.42. The quantitative estimate of drug-likeness (QED) is 0.773. The summed E-state index contributed by atoms with van der Waals surface area (Å²) in [4.78, 5) is 0.856. The van der Waals surface area contributed by atoms with Gasteiger partial charge in [0.1, 0.15) is 0 Å². The average molecular weight is 215 g/mol. The summed E-state index contributed by atoms with van der Waals surface area (Å²) in [6.07, 6.45) is 0.958. The van der Waals surface area contributed by atoms with E-state index in [1.165, 1.54) is 12.1 Å². The van der Waals surface area contributed by atoms with Crippen molar-refractivity contribution < 1.29 is 8.78 Å². The van der Waals surface area contributed by atoms with Crippen molar-refractivity contribution in [2.75, 3.05) is 12.8 Å². The van der Waals surface area contributed by atoms with Crippen LogP contribution in [0.3, 0.4) is 0 Å². The van der Waals surface area contributed by atoms with Gasteiger partial charge in [-0.05, 0) is 36.9 Å². The van der Waals surface area contributed by atoms with E-state index >= 15 is 0 Å². The van der Waals surface area contributed by atoms with E-state index in [9.17, 15) is 8.78 Å². The number of benzene rings is 1. The minimum atomic E-state index is -0.758. The molecule has 0 saturated heterocycles. The zero-order valence-electron chi connectivity index (χ0n) is 7.81. The Hall–Kier alpha value is -0.610. The van der Waals surface area contributed by atoms with Gasteiger partial charge >= 0.3 is 0 Å². The lowest BCUT2D eigenvalue weighted by Gasteiger charge is -2.24. The van der Waals surface area contributed by atoms with Crippen molar-refractivity contribution in [3.8, 4) is 0 Å². The number of hydrogen-bond donors (Lipinski definition) is 1. The lowest BCUT2D eigenvalue weighted by Crippen LogP contribution is -2.21. The molecule has 76 valence electrons. The fourth-order valence-corrected chi connectivity index (χ4v) is 2.81. The topological polar surface area (TPSA) is 12.0 Å². The highest BCUT2D eigenvalue weighted by Crippen LogP contribution is 2.36. The van der Waals surface area contributed by atoms with Gasteiger partial charge in [0.15, 0.2) is 11.6 Å². The predicted molar refractivity (Wildman–Crippen MR) is 53.5 cm³/mol. The predicted octanol–water partition coefficient (Wildman–Crippen LogP) is 2.72. The van der Waals surface area contributed by atoms with E-state index in [4.69, 9.17) is 0 Å². The Balaban J connectivity index is 2.47. The molecule has 0 aliphatic carbocycles. The summed E-state index contributed by atoms with van der Waals surface area (Å²) in [6.45, 7) is 0. The van der Waals surface area contributed by atoms with E-state index < -0.39 is 11.6 Å². The summed E-state index contributed by atoms with van der Waals surface area (Å²) in [6, 6.07) is 2.75. The van der Waals surface area contributed by atoms with Gasteiger partial charge in [-0.3, -0.25) is 0 Å². The Kier molecular flexibility index (Phi) is 2.74. The Bertz CT molecular complexity index is 354. The molecule has 1 atom stereocenters. The highest BCUT2D eigenvalue weighted by Gasteiger charge is 2.21. The van der Waals surface area contributed by atoms with Gasteiger partial charge < -0.3 is 5.32 Å². The first-order valence-corrected chi connectivity index (χ1v) is 5.50. The first-order valence-electron chi connectivity index (χ1n) is 4.51. The molecular formula is C10H11F2NS. The fourth-order valence-electron chi connectivity index (χ4n) is 1.68. The molecule has 1 aliphatic heterocycles. The smallest absolute Gasteiger partial charge is 0.159 e. The van der Waals surface area contributed by atoms with Crippen LogP contribution < -0.4 is 5.32 Å². The second kappa shape index (κ2) is 3.87. The third-order valence-corrected chi connectivity index (χ3v) is 3.55. The number of fused-ring (bicyclic) bond motifs is 1. The van der Waals surface area contributed by atoms with Crippen molar-refractivity contribution in [2.45, 2.75) is 17.4 Å². The third kappa shape index (κ3) is 1.64. The largest absolute Gasteiger partial charge is 0.313 e. The maximum Gasteiger partial charge on any atom is 0.159 e. The van der Waals surface area contributed by atoms with Crippen LogP contribution in [0.15, 0.2) is 17.0 Å². The monoisotopic (exact) mass is 215 g/mol. The second-order valence-electron chi connectivity index (χ2n) is 3.28. The molecule has 1 N–H and O–H groups in total. The minimum absolute atomic E-state index is 0.154. The first kappa shape index (κ1) is 9.93. The number of rotatable bonds is 1. The van der Waals surface area contributed by atoms with E-state index in [2.05, 4.69) is 5.32 Å². The molecule has 1 heterocycles. The van der Waals surface area contributed by atoms with Gasteiger partial charge in [0.2, 0.25) is 0 Å². The van der Waals surface area contributed by atoms with Crippen LogP contribution in [-0.2, 0) is 0 Å². The zero-order valence-corrected chi connectivity index (χ0v) is 8.63. The summed E-state index contributed by atoms with van der Waals surface area (Å²) in [5, 5.41) is 3.10. The number of halogens is 2. The number of hydrogen-bond acceptors (Lipinski definition) is 2. The van der Waals surface area contributed by atoms with Crippen LogP contribution in [0.25, 0.3) is 0 Å². The molecule has 0 amide bonds. The van der Waals surface area contributed by atoms with Crippen molar-refractivity contribution in [3.05, 3.63) is 29.3 Å². The van der Waals surface area contributed by atoms with Gasteiger partial charge in [-0.25, -0.2) is 8.78 Å². The molecule has 1 aliphatic rings. The molecule has 14 heavy (non-hydrogen) atoms. The molecule has 1 aromatic carbocycles. The zero-order chi connectivity index (χ0) is 10.1. The van der Waals surface area contributed by atoms with Crippen LogP contribution in [0.4, 0.5) is 8.78 Å².